The summed E-state index contributed by atoms with van der Waals surface area (Å²) < 4.78 is 40.8. The van der Waals surface area contributed by atoms with Gasteiger partial charge in [0.25, 0.3) is 11.5 Å². The third kappa shape index (κ3) is 12.9. The number of aromatic carboxylic acids is 1. The smallest absolute Gasteiger partial charge is 0.508 e. The number of nitrogens with zero attached hydrogens (tertiary/aromatic N) is 2. The van der Waals surface area contributed by atoms with Crippen molar-refractivity contribution < 1.29 is 77.0 Å². The Balaban J connectivity index is 0.783. The van der Waals surface area contributed by atoms with Gasteiger partial charge in [0.15, 0.2) is 11.3 Å². The number of phenolic OH excluding ortho intramolecular Hbond substituents is 1. The molecule has 4 aromatic rings. The molecule has 26 heteroatoms. The van der Waals surface area contributed by atoms with Crippen LogP contribution in [0.4, 0.5) is 0 Å². The van der Waals surface area contributed by atoms with E-state index in [0.717, 1.165) is 28.0 Å². The number of aryl methyl sites for hydroxylation is 1. The third-order valence-corrected chi connectivity index (χ3v) is 13.6. The van der Waals surface area contributed by atoms with Crippen molar-refractivity contribution in [2.45, 2.75) is 43.2 Å². The summed E-state index contributed by atoms with van der Waals surface area (Å²) in [5.41, 5.74) is -0.0424. The molecule has 1 fully saturated rings. The summed E-state index contributed by atoms with van der Waals surface area (Å²) >= 11 is 1.04. The van der Waals surface area contributed by atoms with Crippen molar-refractivity contribution in [1.82, 2.24) is 24.8 Å². The highest BCUT2D eigenvalue weighted by Gasteiger charge is 2.46. The van der Waals surface area contributed by atoms with Crippen LogP contribution in [0.15, 0.2) is 90.6 Å². The number of benzene rings is 3. The van der Waals surface area contributed by atoms with Crippen LogP contribution in [0.2, 0.25) is 0 Å². The van der Waals surface area contributed by atoms with E-state index in [4.69, 9.17) is 32.2 Å². The topological polar surface area (TPSA) is 342 Å². The lowest BCUT2D eigenvalue weighted by Gasteiger charge is -2.18. The molecule has 9 N–H and O–H groups in total. The first kappa shape index (κ1) is 53.2. The van der Waals surface area contributed by atoms with Crippen molar-refractivity contribution in [3.63, 3.8) is 0 Å². The molecule has 4 heterocycles. The molecule has 0 radical (unpaired) electrons. The lowest BCUT2D eigenvalue weighted by molar-refractivity contribution is -0.122. The van der Waals surface area contributed by atoms with Gasteiger partial charge >= 0.3 is 19.8 Å². The van der Waals surface area contributed by atoms with E-state index in [-0.39, 0.29) is 126 Å². The average molecular weight is 1040 g/mol. The summed E-state index contributed by atoms with van der Waals surface area (Å²) in [6.07, 6.45) is -1.63. The average Bonchev–Trinajstić information content (AvgIpc) is 3.85. The minimum atomic E-state index is -3.91. The fourth-order valence-corrected chi connectivity index (χ4v) is 9.45. The zero-order valence-electron chi connectivity index (χ0n) is 38.6. The van der Waals surface area contributed by atoms with Crippen LogP contribution in [0.25, 0.3) is 33.4 Å². The molecule has 72 heavy (non-hydrogen) atoms. The number of hydrogen-bond donors (Lipinski definition) is 9. The van der Waals surface area contributed by atoms with Crippen molar-refractivity contribution in [2.75, 3.05) is 65.6 Å². The number of H-pyrrole nitrogens is 1. The number of carboxylic acids is 1. The molecular formula is C46H51N5O19PS+. The highest BCUT2D eigenvalue weighted by molar-refractivity contribution is 7.99. The maximum absolute atomic E-state index is 13.2. The summed E-state index contributed by atoms with van der Waals surface area (Å²) in [4.78, 5) is 87.5. The van der Waals surface area contributed by atoms with E-state index in [0.29, 0.717) is 16.5 Å². The number of fused-ring (bicyclic) bond motifs is 2. The quantitative estimate of drug-likeness (QED) is 0.0182. The molecule has 7 rings (SSSR count). The molecular weight excluding hydrogens is 990 g/mol. The number of rotatable bonds is 24. The van der Waals surface area contributed by atoms with E-state index in [9.17, 15) is 59.2 Å². The lowest BCUT2D eigenvalue weighted by atomic mass is 9.89. The van der Waals surface area contributed by atoms with E-state index in [1.807, 2.05) is 0 Å². The van der Waals surface area contributed by atoms with Crippen LogP contribution in [-0.2, 0) is 39.1 Å². The van der Waals surface area contributed by atoms with Crippen molar-refractivity contribution in [3.05, 3.63) is 115 Å². The Morgan fingerprint density at radius 2 is 1.65 bits per heavy atom. The first-order chi connectivity index (χ1) is 34.4. The summed E-state index contributed by atoms with van der Waals surface area (Å²) in [5, 5.41) is 57.6. The van der Waals surface area contributed by atoms with Gasteiger partial charge in [-0.1, -0.05) is 0 Å². The van der Waals surface area contributed by atoms with Gasteiger partial charge in [0, 0.05) is 77.3 Å². The molecule has 24 nitrogen and oxygen atoms in total. The van der Waals surface area contributed by atoms with Gasteiger partial charge in [-0.15, -0.1) is 11.8 Å². The maximum atomic E-state index is 13.2. The Hall–Kier alpha value is -6.64. The van der Waals surface area contributed by atoms with Gasteiger partial charge in [0.1, 0.15) is 49.2 Å². The molecule has 1 aliphatic carbocycles. The Morgan fingerprint density at radius 3 is 2.39 bits per heavy atom. The van der Waals surface area contributed by atoms with E-state index in [1.54, 1.807) is 6.07 Å². The standard InChI is InChI=1S/C46H50N5O19PS/c1-25-22-51(46(62)49-42(25)57)40-20-33(54)36(70-40)24-68-71(63,64-2)67-15-16-72-37-21-39(56)50(44(37)59)23-38(55)47-9-11-65-13-14-66-12-10-48-43(58)26-3-6-29(45(60)61)32(17-26)41-30-7-4-27(52)18-34(30)69-35-19-28(53)5-8-31(35)41/h3-8,17-19,21-22,33,36,40,54,63H,9-16,20,23-24H2,1-2H3,(H6-,47,48,49,52,53,55,56,57,58,59,60,61,62)/p+1/t33?,36-,40-,71?/m1/s1. The highest BCUT2D eigenvalue weighted by Crippen LogP contribution is 2.58. The van der Waals surface area contributed by atoms with Gasteiger partial charge in [-0.05, 0) is 55.0 Å². The SMILES string of the molecule is CO[P+](O)(OCCSc1cc(O)n(CC(=O)NCCOCCOCCNC(=O)c2ccc(C(=O)O)c(-c3c4ccc(=O)cc-4oc4cc(O)ccc34)c2)c1O)OC[C@H]1O[C@@H](n2cc(C)c(=O)[nH]c2=O)CC1O. The first-order valence-electron chi connectivity index (χ1n) is 22.1. The number of aliphatic hydroxyl groups is 1. The number of aromatic nitrogens is 3. The number of aliphatic hydroxyl groups excluding tert-OH is 1. The number of carbonyl (C=O) groups excluding carboxylic acids is 2. The van der Waals surface area contributed by atoms with Crippen LogP contribution < -0.4 is 27.3 Å². The number of phenols is 1. The second kappa shape index (κ2) is 23.7. The Labute approximate surface area is 412 Å². The van der Waals surface area contributed by atoms with E-state index < -0.39 is 62.2 Å². The number of aromatic amines is 1. The molecule has 1 saturated heterocycles. The number of carboxylic acid groups (broad SMARTS) is 1. The highest BCUT2D eigenvalue weighted by atomic mass is 32.2. The molecule has 2 unspecified atom stereocenters. The number of nitrogens with one attached hydrogen (secondary N) is 3. The molecule has 384 valence electrons. The normalized spacial score (nSPS) is 16.5. The van der Waals surface area contributed by atoms with E-state index in [1.165, 1.54) is 67.7 Å². The number of hydrogen-bond acceptors (Lipinski definition) is 19. The summed E-state index contributed by atoms with van der Waals surface area (Å²) in [6.45, 7) is 1.30. The van der Waals surface area contributed by atoms with Gasteiger partial charge in [0.05, 0.1) is 50.1 Å². The number of carbonyl (C=O) groups is 3. The van der Waals surface area contributed by atoms with E-state index in [2.05, 4.69) is 15.6 Å². The van der Waals surface area contributed by atoms with Crippen molar-refractivity contribution in [1.29, 1.82) is 0 Å². The minimum Gasteiger partial charge on any atom is -0.508 e. The fourth-order valence-electron chi connectivity index (χ4n) is 7.56. The number of aromatic hydroxyl groups is 3. The van der Waals surface area contributed by atoms with Gasteiger partial charge < -0.3 is 54.8 Å². The summed E-state index contributed by atoms with van der Waals surface area (Å²) in [5.74, 6) is -2.87. The van der Waals surface area contributed by atoms with Crippen molar-refractivity contribution >= 4 is 48.7 Å². The molecule has 0 saturated carbocycles. The second-order valence-corrected chi connectivity index (χ2v) is 19.0. The molecule has 2 aliphatic heterocycles. The maximum Gasteiger partial charge on any atom is 0.572 e. The van der Waals surface area contributed by atoms with Gasteiger partial charge in [-0.2, -0.15) is 18.5 Å². The third-order valence-electron chi connectivity index (χ3n) is 11.1. The molecule has 2 amide bonds. The van der Waals surface area contributed by atoms with Gasteiger partial charge in [0.2, 0.25) is 11.8 Å². The minimum absolute atomic E-state index is 0.00854. The predicted molar refractivity (Wildman–Crippen MR) is 257 cm³/mol. The van der Waals surface area contributed by atoms with Crippen LogP contribution in [0.5, 0.6) is 17.5 Å². The molecule has 0 spiro atoms. The molecule has 0 bridgehead atoms. The van der Waals surface area contributed by atoms with Crippen LogP contribution in [0.1, 0.15) is 38.9 Å². The first-order valence-corrected chi connectivity index (χ1v) is 24.6. The predicted octanol–water partition coefficient (Wildman–Crippen LogP) is 2.71. The zero-order chi connectivity index (χ0) is 51.7. The zero-order valence-corrected chi connectivity index (χ0v) is 40.3. The molecule has 3 aliphatic rings. The van der Waals surface area contributed by atoms with Gasteiger partial charge in [-0.3, -0.25) is 33.3 Å². The van der Waals surface area contributed by atoms with Crippen molar-refractivity contribution in [2.24, 2.45) is 0 Å². The largest absolute Gasteiger partial charge is 0.572 e. The van der Waals surface area contributed by atoms with Crippen LogP contribution in [0.3, 0.4) is 0 Å². The molecule has 2 aromatic carbocycles. The summed E-state index contributed by atoms with van der Waals surface area (Å²) in [6, 6.07) is 13.8. The lowest BCUT2D eigenvalue weighted by Crippen LogP contribution is -2.33. The Bertz CT molecular complexity index is 3090. The molecule has 2 aromatic heterocycles. The monoisotopic (exact) mass is 1040 g/mol. The summed E-state index contributed by atoms with van der Waals surface area (Å²) in [7, 11) is -2.75. The van der Waals surface area contributed by atoms with Crippen LogP contribution in [-0.4, -0.2) is 140 Å². The van der Waals surface area contributed by atoms with Crippen LogP contribution >= 0.6 is 19.9 Å². The number of thioether (sulfide) groups is 1. The fraction of sp³-hybridized carbons (Fsp3) is 0.348. The van der Waals surface area contributed by atoms with Gasteiger partial charge in [-0.25, -0.2) is 9.59 Å². The number of ether oxygens (including phenoxy) is 3. The Morgan fingerprint density at radius 1 is 0.903 bits per heavy atom. The Kier molecular flexibility index (Phi) is 17.5. The van der Waals surface area contributed by atoms with E-state index >= 15 is 0 Å². The van der Waals surface area contributed by atoms with Crippen LogP contribution in [0, 0.1) is 6.92 Å². The number of amides is 2. The second-order valence-electron chi connectivity index (χ2n) is 16.0. The van der Waals surface area contributed by atoms with Crippen molar-refractivity contribution in [3.8, 4) is 40.0 Å². The molecule has 4 atom stereocenters.